The van der Waals surface area contributed by atoms with Crippen LogP contribution in [0.2, 0.25) is 0 Å². The quantitative estimate of drug-likeness (QED) is 0.844. The summed E-state index contributed by atoms with van der Waals surface area (Å²) in [5.41, 5.74) is 2.69. The molecule has 0 aliphatic heterocycles. The molecule has 0 aromatic heterocycles. The molecule has 0 radical (unpaired) electrons. The van der Waals surface area contributed by atoms with Crippen molar-refractivity contribution in [1.29, 1.82) is 0 Å². The third kappa shape index (κ3) is 6.22. The van der Waals surface area contributed by atoms with Crippen LogP contribution < -0.4 is 5.32 Å². The number of hydrogen-bond acceptors (Lipinski definition) is 2. The summed E-state index contributed by atoms with van der Waals surface area (Å²) < 4.78 is 5.85. The van der Waals surface area contributed by atoms with Crippen molar-refractivity contribution in [2.45, 2.75) is 58.6 Å². The zero-order valence-corrected chi connectivity index (χ0v) is 13.3. The fourth-order valence-electron chi connectivity index (χ4n) is 1.92. The fourth-order valence-corrected chi connectivity index (χ4v) is 1.92. The van der Waals surface area contributed by atoms with Gasteiger partial charge in [0.1, 0.15) is 0 Å². The third-order valence-electron chi connectivity index (χ3n) is 3.25. The molecule has 108 valence electrons. The van der Waals surface area contributed by atoms with Crippen LogP contribution >= 0.6 is 0 Å². The van der Waals surface area contributed by atoms with E-state index in [0.717, 1.165) is 13.0 Å². The van der Waals surface area contributed by atoms with Crippen LogP contribution in [0.5, 0.6) is 0 Å². The van der Waals surface area contributed by atoms with Crippen LogP contribution in [-0.2, 0) is 11.2 Å². The Balaban J connectivity index is 2.55. The summed E-state index contributed by atoms with van der Waals surface area (Å²) in [5.74, 6) is 0.596. The minimum atomic E-state index is -0.0728. The molecule has 1 aromatic carbocycles. The molecule has 0 saturated heterocycles. The van der Waals surface area contributed by atoms with Gasteiger partial charge >= 0.3 is 0 Å². The van der Waals surface area contributed by atoms with Crippen molar-refractivity contribution in [1.82, 2.24) is 5.32 Å². The lowest BCUT2D eigenvalue weighted by atomic mass is 9.99. The first-order valence-corrected chi connectivity index (χ1v) is 7.22. The van der Waals surface area contributed by atoms with E-state index < -0.39 is 0 Å². The maximum absolute atomic E-state index is 5.85. The summed E-state index contributed by atoms with van der Waals surface area (Å²) in [6.07, 6.45) is 1.00. The molecule has 1 aromatic rings. The van der Waals surface area contributed by atoms with Crippen molar-refractivity contribution in [3.63, 3.8) is 0 Å². The van der Waals surface area contributed by atoms with Crippen molar-refractivity contribution in [3.8, 4) is 0 Å². The number of ether oxygens (including phenoxy) is 1. The minimum Gasteiger partial charge on any atom is -0.374 e. The van der Waals surface area contributed by atoms with E-state index in [4.69, 9.17) is 4.74 Å². The average Bonchev–Trinajstić information content (AvgIpc) is 2.34. The fraction of sp³-hybridized carbons (Fsp3) is 0.647. The Bertz CT molecular complexity index is 362. The van der Waals surface area contributed by atoms with Crippen molar-refractivity contribution < 1.29 is 4.74 Å². The standard InChI is InChI=1S/C17H29NO/c1-13(2)15-9-7-14(8-10-15)11-16(18-6)12-19-17(3,4)5/h7-10,13,16,18H,11-12H2,1-6H3. The van der Waals surface area contributed by atoms with Crippen LogP contribution in [0.15, 0.2) is 24.3 Å². The molecule has 2 heteroatoms. The molecule has 1 unspecified atom stereocenters. The molecular weight excluding hydrogens is 234 g/mol. The van der Waals surface area contributed by atoms with Gasteiger partial charge < -0.3 is 10.1 Å². The van der Waals surface area contributed by atoms with Crippen LogP contribution in [0.3, 0.4) is 0 Å². The average molecular weight is 263 g/mol. The third-order valence-corrected chi connectivity index (χ3v) is 3.25. The van der Waals surface area contributed by atoms with Crippen LogP contribution in [0.4, 0.5) is 0 Å². The van der Waals surface area contributed by atoms with E-state index in [1.165, 1.54) is 11.1 Å². The van der Waals surface area contributed by atoms with Gasteiger partial charge in [-0.2, -0.15) is 0 Å². The molecule has 0 amide bonds. The second-order valence-electron chi connectivity index (χ2n) is 6.51. The van der Waals surface area contributed by atoms with E-state index in [1.54, 1.807) is 0 Å². The Morgan fingerprint density at radius 2 is 1.68 bits per heavy atom. The van der Waals surface area contributed by atoms with Crippen molar-refractivity contribution in [2.75, 3.05) is 13.7 Å². The molecular formula is C17H29NO. The Hall–Kier alpha value is -0.860. The summed E-state index contributed by atoms with van der Waals surface area (Å²) in [6, 6.07) is 9.30. The lowest BCUT2D eigenvalue weighted by molar-refractivity contribution is -0.0134. The Labute approximate surface area is 118 Å². The van der Waals surface area contributed by atoms with Gasteiger partial charge in [-0.05, 0) is 51.3 Å². The first-order chi connectivity index (χ1) is 8.81. The Morgan fingerprint density at radius 1 is 1.11 bits per heavy atom. The number of nitrogens with one attached hydrogen (secondary N) is 1. The summed E-state index contributed by atoms with van der Waals surface area (Å²) in [6.45, 7) is 11.5. The van der Waals surface area contributed by atoms with Gasteiger partial charge in [-0.1, -0.05) is 38.1 Å². The lowest BCUT2D eigenvalue weighted by Gasteiger charge is -2.24. The van der Waals surface area contributed by atoms with Gasteiger partial charge in [0.15, 0.2) is 0 Å². The first-order valence-electron chi connectivity index (χ1n) is 7.22. The Morgan fingerprint density at radius 3 is 2.11 bits per heavy atom. The van der Waals surface area contributed by atoms with Gasteiger partial charge in [0, 0.05) is 6.04 Å². The summed E-state index contributed by atoms with van der Waals surface area (Å²) in [7, 11) is 2.00. The van der Waals surface area contributed by atoms with E-state index >= 15 is 0 Å². The molecule has 0 heterocycles. The topological polar surface area (TPSA) is 21.3 Å². The van der Waals surface area contributed by atoms with Crippen molar-refractivity contribution in [3.05, 3.63) is 35.4 Å². The maximum atomic E-state index is 5.85. The molecule has 0 aliphatic rings. The molecule has 0 spiro atoms. The van der Waals surface area contributed by atoms with Crippen molar-refractivity contribution >= 4 is 0 Å². The minimum absolute atomic E-state index is 0.0728. The second kappa shape index (κ2) is 7.06. The van der Waals surface area contributed by atoms with Gasteiger partial charge in [0.2, 0.25) is 0 Å². The highest BCUT2D eigenvalue weighted by atomic mass is 16.5. The highest BCUT2D eigenvalue weighted by molar-refractivity contribution is 5.25. The molecule has 0 bridgehead atoms. The predicted octanol–water partition coefficient (Wildman–Crippen LogP) is 3.76. The molecule has 0 fully saturated rings. The molecule has 1 N–H and O–H groups in total. The summed E-state index contributed by atoms with van der Waals surface area (Å²) in [4.78, 5) is 0. The van der Waals surface area contributed by atoms with E-state index in [2.05, 4.69) is 64.2 Å². The highest BCUT2D eigenvalue weighted by Gasteiger charge is 2.14. The monoisotopic (exact) mass is 263 g/mol. The number of likely N-dealkylation sites (N-methyl/N-ethyl adjacent to an activating group) is 1. The van der Waals surface area contributed by atoms with Crippen LogP contribution in [0.1, 0.15) is 51.7 Å². The molecule has 0 aliphatic carbocycles. The molecule has 0 saturated carbocycles. The largest absolute Gasteiger partial charge is 0.374 e. The van der Waals surface area contributed by atoms with E-state index in [1.807, 2.05) is 7.05 Å². The first kappa shape index (κ1) is 16.2. The van der Waals surface area contributed by atoms with Gasteiger partial charge in [0.25, 0.3) is 0 Å². The SMILES string of the molecule is CNC(COC(C)(C)C)Cc1ccc(C(C)C)cc1. The molecule has 1 rings (SSSR count). The lowest BCUT2D eigenvalue weighted by Crippen LogP contribution is -2.36. The van der Waals surface area contributed by atoms with E-state index in [9.17, 15) is 0 Å². The predicted molar refractivity (Wildman–Crippen MR) is 82.8 cm³/mol. The van der Waals surface area contributed by atoms with E-state index in [0.29, 0.717) is 12.0 Å². The molecule has 19 heavy (non-hydrogen) atoms. The second-order valence-corrected chi connectivity index (χ2v) is 6.51. The summed E-state index contributed by atoms with van der Waals surface area (Å²) in [5, 5.41) is 3.34. The van der Waals surface area contributed by atoms with Crippen molar-refractivity contribution in [2.24, 2.45) is 0 Å². The van der Waals surface area contributed by atoms with Crippen LogP contribution in [0, 0.1) is 0 Å². The number of hydrogen-bond donors (Lipinski definition) is 1. The zero-order chi connectivity index (χ0) is 14.5. The summed E-state index contributed by atoms with van der Waals surface area (Å²) >= 11 is 0. The van der Waals surface area contributed by atoms with Crippen LogP contribution in [0.25, 0.3) is 0 Å². The smallest absolute Gasteiger partial charge is 0.0629 e. The number of rotatable bonds is 6. The van der Waals surface area contributed by atoms with Gasteiger partial charge in [-0.15, -0.1) is 0 Å². The highest BCUT2D eigenvalue weighted by Crippen LogP contribution is 2.16. The zero-order valence-electron chi connectivity index (χ0n) is 13.3. The number of benzene rings is 1. The van der Waals surface area contributed by atoms with Gasteiger partial charge in [0.05, 0.1) is 12.2 Å². The normalized spacial score (nSPS) is 13.8. The van der Waals surface area contributed by atoms with Crippen LogP contribution in [-0.4, -0.2) is 25.3 Å². The molecule has 2 nitrogen and oxygen atoms in total. The maximum Gasteiger partial charge on any atom is 0.0629 e. The molecule has 1 atom stereocenters. The van der Waals surface area contributed by atoms with Gasteiger partial charge in [-0.25, -0.2) is 0 Å². The Kier molecular flexibility index (Phi) is 6.02. The van der Waals surface area contributed by atoms with Gasteiger partial charge in [-0.3, -0.25) is 0 Å². The van der Waals surface area contributed by atoms with E-state index in [-0.39, 0.29) is 5.60 Å².